The molecular weight excluding hydrogens is 215 g/mol. The molecule has 0 bridgehead atoms. The Kier molecular flexibility index (Phi) is 4.19. The SMILES string of the molecule is CCC(CO)Nc1ncc(F)cc1C(=O)O. The molecular formula is C10H13FN2O3. The van der Waals surface area contributed by atoms with Crippen LogP contribution in [0.3, 0.4) is 0 Å². The first-order valence-electron chi connectivity index (χ1n) is 4.84. The predicted molar refractivity (Wildman–Crippen MR) is 55.9 cm³/mol. The van der Waals surface area contributed by atoms with Gasteiger partial charge < -0.3 is 15.5 Å². The largest absolute Gasteiger partial charge is 0.478 e. The highest BCUT2D eigenvalue weighted by molar-refractivity contribution is 5.93. The van der Waals surface area contributed by atoms with E-state index in [1.807, 2.05) is 6.92 Å². The minimum absolute atomic E-state index is 0.0646. The molecule has 0 saturated heterocycles. The number of halogens is 1. The first kappa shape index (κ1) is 12.4. The number of rotatable bonds is 5. The normalized spacial score (nSPS) is 12.2. The van der Waals surface area contributed by atoms with E-state index in [4.69, 9.17) is 10.2 Å². The van der Waals surface area contributed by atoms with Gasteiger partial charge in [0.1, 0.15) is 17.2 Å². The number of nitrogens with one attached hydrogen (secondary N) is 1. The van der Waals surface area contributed by atoms with Crippen molar-refractivity contribution in [1.82, 2.24) is 4.98 Å². The summed E-state index contributed by atoms with van der Waals surface area (Å²) in [6, 6.07) is 0.595. The second-order valence-electron chi connectivity index (χ2n) is 3.29. The van der Waals surface area contributed by atoms with Gasteiger partial charge in [-0.1, -0.05) is 6.92 Å². The fourth-order valence-corrected chi connectivity index (χ4v) is 1.19. The first-order valence-corrected chi connectivity index (χ1v) is 4.84. The van der Waals surface area contributed by atoms with Gasteiger partial charge in [-0.25, -0.2) is 14.2 Å². The minimum atomic E-state index is -1.26. The number of hydrogen-bond acceptors (Lipinski definition) is 4. The van der Waals surface area contributed by atoms with Gasteiger partial charge in [0.05, 0.1) is 18.8 Å². The maximum atomic E-state index is 12.8. The highest BCUT2D eigenvalue weighted by Gasteiger charge is 2.15. The summed E-state index contributed by atoms with van der Waals surface area (Å²) in [4.78, 5) is 14.5. The number of nitrogens with zero attached hydrogens (tertiary/aromatic N) is 1. The van der Waals surface area contributed by atoms with E-state index in [-0.39, 0.29) is 24.0 Å². The average Bonchev–Trinajstić information content (AvgIpc) is 2.27. The smallest absolute Gasteiger partial charge is 0.339 e. The van der Waals surface area contributed by atoms with Crippen LogP contribution in [0.2, 0.25) is 0 Å². The van der Waals surface area contributed by atoms with Gasteiger partial charge in [0.2, 0.25) is 0 Å². The number of aromatic nitrogens is 1. The van der Waals surface area contributed by atoms with Gasteiger partial charge in [0.25, 0.3) is 0 Å². The van der Waals surface area contributed by atoms with Gasteiger partial charge in [-0.05, 0) is 12.5 Å². The molecule has 1 atom stereocenters. The maximum absolute atomic E-state index is 12.8. The van der Waals surface area contributed by atoms with E-state index in [1.165, 1.54) is 0 Å². The molecule has 0 spiro atoms. The van der Waals surface area contributed by atoms with Gasteiger partial charge in [-0.2, -0.15) is 0 Å². The van der Waals surface area contributed by atoms with Gasteiger partial charge in [-0.15, -0.1) is 0 Å². The Hall–Kier alpha value is -1.69. The van der Waals surface area contributed by atoms with Crippen LogP contribution in [-0.2, 0) is 0 Å². The summed E-state index contributed by atoms with van der Waals surface area (Å²) in [5.41, 5.74) is -0.244. The Morgan fingerprint density at radius 1 is 1.69 bits per heavy atom. The van der Waals surface area contributed by atoms with Crippen molar-refractivity contribution in [3.8, 4) is 0 Å². The topological polar surface area (TPSA) is 82.5 Å². The Balaban J connectivity index is 2.98. The summed E-state index contributed by atoms with van der Waals surface area (Å²) in [6.45, 7) is 1.69. The van der Waals surface area contributed by atoms with Gasteiger partial charge >= 0.3 is 5.97 Å². The number of pyridine rings is 1. The number of anilines is 1. The van der Waals surface area contributed by atoms with E-state index in [0.29, 0.717) is 6.42 Å². The molecule has 1 unspecified atom stereocenters. The van der Waals surface area contributed by atoms with Crippen LogP contribution < -0.4 is 5.32 Å². The lowest BCUT2D eigenvalue weighted by Gasteiger charge is -2.15. The lowest BCUT2D eigenvalue weighted by atomic mass is 10.2. The highest BCUT2D eigenvalue weighted by Crippen LogP contribution is 2.15. The zero-order chi connectivity index (χ0) is 12.1. The number of carboxylic acids is 1. The third kappa shape index (κ3) is 2.90. The van der Waals surface area contributed by atoms with Crippen LogP contribution in [0.15, 0.2) is 12.3 Å². The first-order chi connectivity index (χ1) is 7.58. The molecule has 0 aromatic carbocycles. The van der Waals surface area contributed by atoms with E-state index in [2.05, 4.69) is 10.3 Å². The van der Waals surface area contributed by atoms with Gasteiger partial charge in [0.15, 0.2) is 0 Å². The van der Waals surface area contributed by atoms with Gasteiger partial charge in [0, 0.05) is 0 Å². The van der Waals surface area contributed by atoms with Crippen LogP contribution in [0, 0.1) is 5.82 Å². The molecule has 0 amide bonds. The summed E-state index contributed by atoms with van der Waals surface area (Å²) in [5.74, 6) is -1.91. The summed E-state index contributed by atoms with van der Waals surface area (Å²) >= 11 is 0. The molecule has 0 saturated carbocycles. The zero-order valence-corrected chi connectivity index (χ0v) is 8.77. The molecule has 0 aliphatic heterocycles. The maximum Gasteiger partial charge on any atom is 0.339 e. The van der Waals surface area contributed by atoms with Crippen LogP contribution >= 0.6 is 0 Å². The van der Waals surface area contributed by atoms with Gasteiger partial charge in [-0.3, -0.25) is 0 Å². The molecule has 6 heteroatoms. The fourth-order valence-electron chi connectivity index (χ4n) is 1.19. The number of aliphatic hydroxyl groups excluding tert-OH is 1. The molecule has 3 N–H and O–H groups in total. The van der Waals surface area contributed by atoms with Crippen molar-refractivity contribution in [1.29, 1.82) is 0 Å². The van der Waals surface area contributed by atoms with Crippen molar-refractivity contribution in [3.05, 3.63) is 23.6 Å². The van der Waals surface area contributed by atoms with Crippen molar-refractivity contribution >= 4 is 11.8 Å². The second kappa shape index (κ2) is 5.41. The number of aliphatic hydroxyl groups is 1. The van der Waals surface area contributed by atoms with Crippen LogP contribution in [0.5, 0.6) is 0 Å². The summed E-state index contributed by atoms with van der Waals surface area (Å²) in [6.07, 6.45) is 1.54. The Bertz CT molecular complexity index is 380. The molecule has 5 nitrogen and oxygen atoms in total. The number of carboxylic acid groups (broad SMARTS) is 1. The molecule has 88 valence electrons. The second-order valence-corrected chi connectivity index (χ2v) is 3.29. The van der Waals surface area contributed by atoms with Crippen molar-refractivity contribution in [2.75, 3.05) is 11.9 Å². The molecule has 0 aliphatic rings. The summed E-state index contributed by atoms with van der Waals surface area (Å²) < 4.78 is 12.8. The number of carbonyl (C=O) groups is 1. The molecule has 1 aromatic heterocycles. The predicted octanol–water partition coefficient (Wildman–Crippen LogP) is 1.10. The van der Waals surface area contributed by atoms with Crippen LogP contribution in [-0.4, -0.2) is 33.8 Å². The molecule has 0 fully saturated rings. The summed E-state index contributed by atoms with van der Waals surface area (Å²) in [7, 11) is 0. The third-order valence-electron chi connectivity index (χ3n) is 2.14. The quantitative estimate of drug-likeness (QED) is 0.703. The lowest BCUT2D eigenvalue weighted by Crippen LogP contribution is -2.24. The lowest BCUT2D eigenvalue weighted by molar-refractivity contribution is 0.0697. The summed E-state index contributed by atoms with van der Waals surface area (Å²) in [5, 5.41) is 20.5. The van der Waals surface area contributed by atoms with Crippen LogP contribution in [0.25, 0.3) is 0 Å². The van der Waals surface area contributed by atoms with E-state index in [9.17, 15) is 9.18 Å². The standard InChI is InChI=1S/C10H13FN2O3/c1-2-7(5-14)13-9-8(10(15)16)3-6(11)4-12-9/h3-4,7,14H,2,5H2,1H3,(H,12,13)(H,15,16). The van der Waals surface area contributed by atoms with E-state index < -0.39 is 11.8 Å². The highest BCUT2D eigenvalue weighted by atomic mass is 19.1. The molecule has 0 aliphatic carbocycles. The fraction of sp³-hybridized carbons (Fsp3) is 0.400. The number of hydrogen-bond donors (Lipinski definition) is 3. The molecule has 1 heterocycles. The molecule has 16 heavy (non-hydrogen) atoms. The van der Waals surface area contributed by atoms with Crippen LogP contribution in [0.4, 0.5) is 10.2 Å². The van der Waals surface area contributed by atoms with Crippen molar-refractivity contribution in [2.24, 2.45) is 0 Å². The van der Waals surface area contributed by atoms with Crippen molar-refractivity contribution in [2.45, 2.75) is 19.4 Å². The molecule has 0 radical (unpaired) electrons. The Morgan fingerprint density at radius 3 is 2.88 bits per heavy atom. The monoisotopic (exact) mass is 228 g/mol. The van der Waals surface area contributed by atoms with E-state index in [0.717, 1.165) is 12.3 Å². The van der Waals surface area contributed by atoms with E-state index in [1.54, 1.807) is 0 Å². The Labute approximate surface area is 91.9 Å². The minimum Gasteiger partial charge on any atom is -0.478 e. The molecule has 1 rings (SSSR count). The Morgan fingerprint density at radius 2 is 2.38 bits per heavy atom. The third-order valence-corrected chi connectivity index (χ3v) is 2.14. The number of aromatic carboxylic acids is 1. The zero-order valence-electron chi connectivity index (χ0n) is 8.77. The molecule has 1 aromatic rings. The van der Waals surface area contributed by atoms with Crippen molar-refractivity contribution < 1.29 is 19.4 Å². The van der Waals surface area contributed by atoms with Crippen LogP contribution in [0.1, 0.15) is 23.7 Å². The average molecular weight is 228 g/mol. The van der Waals surface area contributed by atoms with E-state index >= 15 is 0 Å². The van der Waals surface area contributed by atoms with Crippen molar-refractivity contribution in [3.63, 3.8) is 0 Å².